The van der Waals surface area contributed by atoms with Crippen LogP contribution in [-0.2, 0) is 6.42 Å². The minimum Gasteiger partial charge on any atom is -0.494 e. The fourth-order valence-electron chi connectivity index (χ4n) is 2.34. The summed E-state index contributed by atoms with van der Waals surface area (Å²) < 4.78 is 19.1. The van der Waals surface area contributed by atoms with Crippen LogP contribution in [-0.4, -0.2) is 13.7 Å². The van der Waals surface area contributed by atoms with Gasteiger partial charge in [0.05, 0.1) is 6.61 Å². The smallest absolute Gasteiger partial charge is 0.124 e. The Hall–Kier alpha value is -1.58. The van der Waals surface area contributed by atoms with Gasteiger partial charge in [0, 0.05) is 16.6 Å². The summed E-state index contributed by atoms with van der Waals surface area (Å²) in [4.78, 5) is 0. The molecule has 1 atom stereocenters. The molecule has 4 heteroatoms. The van der Waals surface area contributed by atoms with Crippen LogP contribution in [0.15, 0.2) is 42.5 Å². The van der Waals surface area contributed by atoms with E-state index in [0.717, 1.165) is 16.9 Å². The lowest BCUT2D eigenvalue weighted by Gasteiger charge is -2.20. The summed E-state index contributed by atoms with van der Waals surface area (Å²) in [7, 11) is 1.88. The summed E-state index contributed by atoms with van der Waals surface area (Å²) in [6.45, 7) is 2.56. The largest absolute Gasteiger partial charge is 0.494 e. The zero-order valence-electron chi connectivity index (χ0n) is 12.2. The highest BCUT2D eigenvalue weighted by Crippen LogP contribution is 2.29. The van der Waals surface area contributed by atoms with Gasteiger partial charge in [-0.2, -0.15) is 0 Å². The van der Waals surface area contributed by atoms with Gasteiger partial charge in [-0.1, -0.05) is 29.8 Å². The average Bonchev–Trinajstić information content (AvgIpc) is 2.49. The van der Waals surface area contributed by atoms with E-state index in [1.165, 1.54) is 12.1 Å². The predicted molar refractivity (Wildman–Crippen MR) is 84.5 cm³/mol. The number of para-hydroxylation sites is 1. The normalized spacial score (nSPS) is 12.2. The van der Waals surface area contributed by atoms with Crippen molar-refractivity contribution < 1.29 is 9.13 Å². The Morgan fingerprint density at radius 3 is 2.71 bits per heavy atom. The third-order valence-corrected chi connectivity index (χ3v) is 3.74. The first-order chi connectivity index (χ1) is 10.2. The second-order valence-corrected chi connectivity index (χ2v) is 5.16. The molecule has 0 saturated carbocycles. The maximum Gasteiger partial charge on any atom is 0.124 e. The van der Waals surface area contributed by atoms with E-state index in [2.05, 4.69) is 5.32 Å². The van der Waals surface area contributed by atoms with Crippen LogP contribution in [0.5, 0.6) is 5.75 Å². The van der Waals surface area contributed by atoms with E-state index >= 15 is 0 Å². The Labute approximate surface area is 129 Å². The molecule has 112 valence electrons. The van der Waals surface area contributed by atoms with Crippen molar-refractivity contribution in [3.05, 3.63) is 64.4 Å². The average molecular weight is 308 g/mol. The molecule has 2 aromatic carbocycles. The van der Waals surface area contributed by atoms with Gasteiger partial charge in [0.1, 0.15) is 11.6 Å². The van der Waals surface area contributed by atoms with Crippen molar-refractivity contribution in [3.8, 4) is 5.75 Å². The van der Waals surface area contributed by atoms with E-state index in [1.54, 1.807) is 6.07 Å². The Kier molecular flexibility index (Phi) is 5.59. The summed E-state index contributed by atoms with van der Waals surface area (Å²) in [5, 5.41) is 3.83. The molecule has 0 aliphatic heterocycles. The number of halogens is 2. The Morgan fingerprint density at radius 2 is 2.00 bits per heavy atom. The highest BCUT2D eigenvalue weighted by Gasteiger charge is 2.16. The number of benzene rings is 2. The van der Waals surface area contributed by atoms with E-state index in [1.807, 2.05) is 38.2 Å². The summed E-state index contributed by atoms with van der Waals surface area (Å²) in [6.07, 6.45) is 0.594. The lowest BCUT2D eigenvalue weighted by molar-refractivity contribution is 0.332. The molecule has 1 N–H and O–H groups in total. The van der Waals surface area contributed by atoms with Crippen molar-refractivity contribution in [2.75, 3.05) is 13.7 Å². The molecule has 2 aromatic rings. The molecule has 0 aliphatic carbocycles. The molecule has 0 amide bonds. The number of likely N-dealkylation sites (N-methyl/N-ethyl adjacent to an activating group) is 1. The SMILES string of the molecule is CCOc1ccccc1C(Cc1cc(F)ccc1Cl)NC. The molecule has 0 saturated heterocycles. The van der Waals surface area contributed by atoms with E-state index in [0.29, 0.717) is 18.1 Å². The maximum absolute atomic E-state index is 13.4. The van der Waals surface area contributed by atoms with E-state index in [9.17, 15) is 4.39 Å². The lowest BCUT2D eigenvalue weighted by Crippen LogP contribution is -2.20. The van der Waals surface area contributed by atoms with Crippen LogP contribution in [0.3, 0.4) is 0 Å². The van der Waals surface area contributed by atoms with E-state index < -0.39 is 0 Å². The van der Waals surface area contributed by atoms with Crippen molar-refractivity contribution in [1.29, 1.82) is 0 Å². The molecule has 0 radical (unpaired) electrons. The zero-order valence-corrected chi connectivity index (χ0v) is 13.0. The molecule has 2 rings (SSSR count). The highest BCUT2D eigenvalue weighted by atomic mass is 35.5. The van der Waals surface area contributed by atoms with Crippen LogP contribution >= 0.6 is 11.6 Å². The minimum absolute atomic E-state index is 0.00653. The standard InChI is InChI=1S/C17H19ClFNO/c1-3-21-17-7-5-4-6-14(17)16(20-2)11-12-10-13(19)8-9-15(12)18/h4-10,16,20H,3,11H2,1-2H3. The first-order valence-corrected chi connectivity index (χ1v) is 7.36. The van der Waals surface area contributed by atoms with Crippen molar-refractivity contribution in [2.45, 2.75) is 19.4 Å². The zero-order chi connectivity index (χ0) is 15.2. The predicted octanol–water partition coefficient (Wildman–Crippen LogP) is 4.38. The van der Waals surface area contributed by atoms with Gasteiger partial charge < -0.3 is 10.1 Å². The van der Waals surface area contributed by atoms with Crippen LogP contribution < -0.4 is 10.1 Å². The van der Waals surface area contributed by atoms with Gasteiger partial charge in [-0.05, 0) is 50.2 Å². The van der Waals surface area contributed by atoms with Crippen molar-refractivity contribution in [2.24, 2.45) is 0 Å². The summed E-state index contributed by atoms with van der Waals surface area (Å²) in [5.41, 5.74) is 1.82. The molecular weight excluding hydrogens is 289 g/mol. The number of ether oxygens (including phenoxy) is 1. The molecule has 0 heterocycles. The highest BCUT2D eigenvalue weighted by molar-refractivity contribution is 6.31. The topological polar surface area (TPSA) is 21.3 Å². The Morgan fingerprint density at radius 1 is 1.24 bits per heavy atom. The molecule has 1 unspecified atom stereocenters. The van der Waals surface area contributed by atoms with Gasteiger partial charge >= 0.3 is 0 Å². The van der Waals surface area contributed by atoms with Crippen molar-refractivity contribution in [3.63, 3.8) is 0 Å². The van der Waals surface area contributed by atoms with Gasteiger partial charge in [-0.15, -0.1) is 0 Å². The van der Waals surface area contributed by atoms with Crippen LogP contribution in [0.4, 0.5) is 4.39 Å². The first-order valence-electron chi connectivity index (χ1n) is 6.98. The van der Waals surface area contributed by atoms with Gasteiger partial charge in [0.15, 0.2) is 0 Å². The Balaban J connectivity index is 2.30. The van der Waals surface area contributed by atoms with Crippen LogP contribution in [0.25, 0.3) is 0 Å². The van der Waals surface area contributed by atoms with E-state index in [4.69, 9.17) is 16.3 Å². The maximum atomic E-state index is 13.4. The van der Waals surface area contributed by atoms with Crippen LogP contribution in [0.1, 0.15) is 24.1 Å². The van der Waals surface area contributed by atoms with E-state index in [-0.39, 0.29) is 11.9 Å². The molecule has 0 bridgehead atoms. The van der Waals surface area contributed by atoms with Gasteiger partial charge in [-0.25, -0.2) is 4.39 Å². The van der Waals surface area contributed by atoms with Crippen molar-refractivity contribution >= 4 is 11.6 Å². The summed E-state index contributed by atoms with van der Waals surface area (Å²) in [6, 6.07) is 12.3. The quantitative estimate of drug-likeness (QED) is 0.855. The Bertz CT molecular complexity index is 603. The number of hydrogen-bond acceptors (Lipinski definition) is 2. The number of rotatable bonds is 6. The minimum atomic E-state index is -0.276. The van der Waals surface area contributed by atoms with Gasteiger partial charge in [-0.3, -0.25) is 0 Å². The summed E-state index contributed by atoms with van der Waals surface area (Å²) >= 11 is 6.16. The van der Waals surface area contributed by atoms with Crippen LogP contribution in [0.2, 0.25) is 5.02 Å². The second kappa shape index (κ2) is 7.43. The molecule has 0 aromatic heterocycles. The molecule has 0 aliphatic rings. The summed E-state index contributed by atoms with van der Waals surface area (Å²) in [5.74, 6) is 0.564. The third-order valence-electron chi connectivity index (χ3n) is 3.37. The molecule has 2 nitrogen and oxygen atoms in total. The third kappa shape index (κ3) is 3.96. The monoisotopic (exact) mass is 307 g/mol. The number of hydrogen-bond donors (Lipinski definition) is 1. The van der Waals surface area contributed by atoms with Crippen molar-refractivity contribution in [1.82, 2.24) is 5.32 Å². The molecule has 21 heavy (non-hydrogen) atoms. The first kappa shape index (κ1) is 15.8. The molecule has 0 fully saturated rings. The molecule has 0 spiro atoms. The second-order valence-electron chi connectivity index (χ2n) is 4.75. The van der Waals surface area contributed by atoms with Gasteiger partial charge in [0.25, 0.3) is 0 Å². The lowest BCUT2D eigenvalue weighted by atomic mass is 9.98. The fourth-order valence-corrected chi connectivity index (χ4v) is 2.54. The van der Waals surface area contributed by atoms with Gasteiger partial charge in [0.2, 0.25) is 0 Å². The van der Waals surface area contributed by atoms with Crippen LogP contribution in [0, 0.1) is 5.82 Å². The fraction of sp³-hybridized carbons (Fsp3) is 0.294. The number of nitrogens with one attached hydrogen (secondary N) is 1. The molecular formula is C17H19ClFNO.